The summed E-state index contributed by atoms with van der Waals surface area (Å²) in [5.41, 5.74) is 6.37. The first-order chi connectivity index (χ1) is 7.74. The number of unbranched alkanes of at least 4 members (excludes halogenated alkanes) is 2. The number of nitrogens with two attached hydrogens (primary N) is 1. The van der Waals surface area contributed by atoms with Gasteiger partial charge in [-0.05, 0) is 31.4 Å². The molecule has 1 aromatic rings. The maximum atomic E-state index is 5.77. The Labute approximate surface area is 101 Å². The van der Waals surface area contributed by atoms with Crippen LogP contribution in [-0.2, 0) is 4.74 Å². The lowest BCUT2D eigenvalue weighted by molar-refractivity contribution is 0.192. The molecule has 0 radical (unpaired) electrons. The quantitative estimate of drug-likeness (QED) is 0.571. The number of pyridine rings is 1. The molecule has 1 heterocycles. The molecule has 16 heavy (non-hydrogen) atoms. The largest absolute Gasteiger partial charge is 0.396 e. The number of aromatic nitrogens is 1. The van der Waals surface area contributed by atoms with E-state index >= 15 is 0 Å². The van der Waals surface area contributed by atoms with Gasteiger partial charge in [0.15, 0.2) is 5.82 Å². The van der Waals surface area contributed by atoms with Gasteiger partial charge in [-0.15, -0.1) is 0 Å². The number of halogens is 1. The summed E-state index contributed by atoms with van der Waals surface area (Å²) in [4.78, 5) is 4.11. The van der Waals surface area contributed by atoms with Gasteiger partial charge in [0, 0.05) is 20.3 Å². The number of nitrogens with zero attached hydrogens (tertiary/aromatic N) is 1. The summed E-state index contributed by atoms with van der Waals surface area (Å²) in [6.45, 7) is 1.67. The van der Waals surface area contributed by atoms with E-state index in [1.165, 1.54) is 0 Å². The van der Waals surface area contributed by atoms with E-state index in [4.69, 9.17) is 22.1 Å². The van der Waals surface area contributed by atoms with Crippen molar-refractivity contribution < 1.29 is 4.74 Å². The lowest BCUT2D eigenvalue weighted by atomic mass is 10.2. The first-order valence-corrected chi connectivity index (χ1v) is 5.76. The monoisotopic (exact) mass is 243 g/mol. The highest BCUT2D eigenvalue weighted by atomic mass is 35.5. The van der Waals surface area contributed by atoms with Crippen LogP contribution >= 0.6 is 11.6 Å². The van der Waals surface area contributed by atoms with Crippen LogP contribution in [0.5, 0.6) is 0 Å². The van der Waals surface area contributed by atoms with Crippen LogP contribution in [0, 0.1) is 0 Å². The lowest BCUT2D eigenvalue weighted by Gasteiger charge is -2.08. The first-order valence-electron chi connectivity index (χ1n) is 5.39. The predicted octanol–water partition coefficient (Wildman–Crippen LogP) is 2.55. The summed E-state index contributed by atoms with van der Waals surface area (Å²) < 4.78 is 4.97. The fourth-order valence-electron chi connectivity index (χ4n) is 1.34. The molecule has 1 rings (SSSR count). The summed E-state index contributed by atoms with van der Waals surface area (Å²) >= 11 is 5.77. The molecule has 0 saturated carbocycles. The van der Waals surface area contributed by atoms with Crippen LogP contribution in [0.25, 0.3) is 0 Å². The third kappa shape index (κ3) is 4.68. The van der Waals surface area contributed by atoms with Gasteiger partial charge >= 0.3 is 0 Å². The van der Waals surface area contributed by atoms with Crippen molar-refractivity contribution in [2.45, 2.75) is 19.3 Å². The summed E-state index contributed by atoms with van der Waals surface area (Å²) in [5.74, 6) is 0.666. The molecule has 5 heteroatoms. The predicted molar refractivity (Wildman–Crippen MR) is 67.9 cm³/mol. The summed E-state index contributed by atoms with van der Waals surface area (Å²) in [7, 11) is 1.72. The standard InChI is InChI=1S/C11H18ClN3O/c1-16-8-4-2-3-7-14-11-9(13)5-6-10(12)15-11/h5-6H,2-4,7-8,13H2,1H3,(H,14,15). The van der Waals surface area contributed by atoms with Gasteiger partial charge in [0.2, 0.25) is 0 Å². The highest BCUT2D eigenvalue weighted by molar-refractivity contribution is 6.29. The van der Waals surface area contributed by atoms with E-state index in [1.54, 1.807) is 19.2 Å². The van der Waals surface area contributed by atoms with Gasteiger partial charge in [-0.25, -0.2) is 4.98 Å². The minimum atomic E-state index is 0.455. The smallest absolute Gasteiger partial charge is 0.150 e. The second-order valence-electron chi connectivity index (χ2n) is 3.55. The number of nitrogens with one attached hydrogen (secondary N) is 1. The molecular formula is C11H18ClN3O. The maximum absolute atomic E-state index is 5.77. The molecule has 0 aromatic carbocycles. The molecule has 0 atom stereocenters. The van der Waals surface area contributed by atoms with Crippen molar-refractivity contribution >= 4 is 23.1 Å². The summed E-state index contributed by atoms with van der Waals surface area (Å²) in [6, 6.07) is 3.43. The number of hydrogen-bond donors (Lipinski definition) is 2. The van der Waals surface area contributed by atoms with Gasteiger partial charge in [0.25, 0.3) is 0 Å². The van der Waals surface area contributed by atoms with Crippen molar-refractivity contribution in [3.8, 4) is 0 Å². The van der Waals surface area contributed by atoms with Crippen LogP contribution in [0.4, 0.5) is 11.5 Å². The second-order valence-corrected chi connectivity index (χ2v) is 3.94. The molecule has 0 bridgehead atoms. The molecule has 4 nitrogen and oxygen atoms in total. The van der Waals surface area contributed by atoms with Crippen LogP contribution in [-0.4, -0.2) is 25.2 Å². The van der Waals surface area contributed by atoms with E-state index in [9.17, 15) is 0 Å². The van der Waals surface area contributed by atoms with Crippen LogP contribution in [0.3, 0.4) is 0 Å². The van der Waals surface area contributed by atoms with Crippen molar-refractivity contribution in [2.24, 2.45) is 0 Å². The van der Waals surface area contributed by atoms with Gasteiger partial charge in [0.1, 0.15) is 5.15 Å². The van der Waals surface area contributed by atoms with E-state index in [0.29, 0.717) is 16.7 Å². The SMILES string of the molecule is COCCCCCNc1nc(Cl)ccc1N. The molecule has 90 valence electrons. The van der Waals surface area contributed by atoms with Crippen molar-refractivity contribution in [1.82, 2.24) is 4.98 Å². The fraction of sp³-hybridized carbons (Fsp3) is 0.545. The molecule has 1 aromatic heterocycles. The average molecular weight is 244 g/mol. The molecule has 0 spiro atoms. The van der Waals surface area contributed by atoms with Crippen LogP contribution in [0.1, 0.15) is 19.3 Å². The molecular weight excluding hydrogens is 226 g/mol. The molecule has 0 aliphatic carbocycles. The number of nitrogen functional groups attached to an aromatic ring is 1. The summed E-state index contributed by atoms with van der Waals surface area (Å²) in [5, 5.41) is 3.62. The Morgan fingerprint density at radius 3 is 2.94 bits per heavy atom. The van der Waals surface area contributed by atoms with Gasteiger partial charge in [-0.1, -0.05) is 11.6 Å². The van der Waals surface area contributed by atoms with E-state index in [0.717, 1.165) is 32.4 Å². The van der Waals surface area contributed by atoms with E-state index in [2.05, 4.69) is 10.3 Å². The number of hydrogen-bond acceptors (Lipinski definition) is 4. The van der Waals surface area contributed by atoms with Crippen molar-refractivity contribution in [3.05, 3.63) is 17.3 Å². The average Bonchev–Trinajstić information content (AvgIpc) is 2.28. The zero-order chi connectivity index (χ0) is 11.8. The minimum Gasteiger partial charge on any atom is -0.396 e. The van der Waals surface area contributed by atoms with Gasteiger partial charge < -0.3 is 15.8 Å². The maximum Gasteiger partial charge on any atom is 0.150 e. The Hall–Kier alpha value is -1.00. The van der Waals surface area contributed by atoms with Crippen LogP contribution in [0.15, 0.2) is 12.1 Å². The van der Waals surface area contributed by atoms with E-state index in [-0.39, 0.29) is 0 Å². The van der Waals surface area contributed by atoms with Crippen LogP contribution in [0.2, 0.25) is 5.15 Å². The van der Waals surface area contributed by atoms with E-state index in [1.807, 2.05) is 0 Å². The molecule has 0 aliphatic heterocycles. The Morgan fingerprint density at radius 1 is 1.38 bits per heavy atom. The molecule has 0 fully saturated rings. The Kier molecular flexibility index (Phi) is 5.96. The van der Waals surface area contributed by atoms with Crippen molar-refractivity contribution in [3.63, 3.8) is 0 Å². The Bertz CT molecular complexity index is 320. The topological polar surface area (TPSA) is 60.2 Å². The normalized spacial score (nSPS) is 10.4. The minimum absolute atomic E-state index is 0.455. The zero-order valence-electron chi connectivity index (χ0n) is 9.50. The van der Waals surface area contributed by atoms with Crippen LogP contribution < -0.4 is 11.1 Å². The molecule has 0 saturated heterocycles. The molecule has 0 unspecified atom stereocenters. The number of methoxy groups -OCH3 is 1. The highest BCUT2D eigenvalue weighted by Crippen LogP contribution is 2.18. The molecule has 0 amide bonds. The number of anilines is 2. The highest BCUT2D eigenvalue weighted by Gasteiger charge is 2.00. The zero-order valence-corrected chi connectivity index (χ0v) is 10.3. The first kappa shape index (κ1) is 13.1. The Balaban J connectivity index is 2.23. The summed E-state index contributed by atoms with van der Waals surface area (Å²) in [6.07, 6.45) is 3.27. The number of rotatable bonds is 7. The third-order valence-electron chi connectivity index (χ3n) is 2.21. The third-order valence-corrected chi connectivity index (χ3v) is 2.42. The molecule has 3 N–H and O–H groups in total. The van der Waals surface area contributed by atoms with Crippen molar-refractivity contribution in [1.29, 1.82) is 0 Å². The van der Waals surface area contributed by atoms with Crippen molar-refractivity contribution in [2.75, 3.05) is 31.3 Å². The lowest BCUT2D eigenvalue weighted by Crippen LogP contribution is -2.06. The molecule has 0 aliphatic rings. The van der Waals surface area contributed by atoms with Gasteiger partial charge in [-0.2, -0.15) is 0 Å². The van der Waals surface area contributed by atoms with Gasteiger partial charge in [0.05, 0.1) is 5.69 Å². The fourth-order valence-corrected chi connectivity index (χ4v) is 1.49. The van der Waals surface area contributed by atoms with Gasteiger partial charge in [-0.3, -0.25) is 0 Å². The van der Waals surface area contributed by atoms with E-state index < -0.39 is 0 Å². The second kappa shape index (κ2) is 7.30. The Morgan fingerprint density at radius 2 is 2.19 bits per heavy atom. The number of ether oxygens (including phenoxy) is 1.